The zero-order chi connectivity index (χ0) is 16.4. The molecule has 1 N–H and O–H groups in total. The minimum atomic E-state index is -0.256. The van der Waals surface area contributed by atoms with Gasteiger partial charge < -0.3 is 14.4 Å². The van der Waals surface area contributed by atoms with Crippen LogP contribution in [0.4, 0.5) is 0 Å². The number of aromatic hydroxyl groups is 1. The molecule has 0 aliphatic rings. The van der Waals surface area contributed by atoms with Crippen LogP contribution >= 0.6 is 11.6 Å². The molecule has 0 bridgehead atoms. The predicted octanol–water partition coefficient (Wildman–Crippen LogP) is 4.15. The Kier molecular flexibility index (Phi) is 4.26. The number of halogens is 1. The first-order chi connectivity index (χ1) is 11.1. The minimum absolute atomic E-state index is 0.171. The Bertz CT molecular complexity index is 856. The topological polar surface area (TPSA) is 53.7 Å². The van der Waals surface area contributed by atoms with Crippen LogP contribution < -0.4 is 0 Å². The Balaban J connectivity index is 1.89. The van der Waals surface area contributed by atoms with E-state index in [1.165, 1.54) is 4.90 Å². The Morgan fingerprint density at radius 2 is 1.96 bits per heavy atom. The van der Waals surface area contributed by atoms with Crippen LogP contribution in [0.3, 0.4) is 0 Å². The highest BCUT2D eigenvalue weighted by Crippen LogP contribution is 2.28. The smallest absolute Gasteiger partial charge is 0.289 e. The minimum Gasteiger partial charge on any atom is -0.508 e. The molecule has 1 amide bonds. The lowest BCUT2D eigenvalue weighted by Gasteiger charge is -2.18. The molecule has 23 heavy (non-hydrogen) atoms. The molecule has 3 rings (SSSR count). The Morgan fingerprint density at radius 3 is 2.70 bits per heavy atom. The maximum atomic E-state index is 12.4. The molecule has 118 valence electrons. The van der Waals surface area contributed by atoms with E-state index in [1.54, 1.807) is 25.2 Å². The van der Waals surface area contributed by atoms with Crippen LogP contribution in [0.1, 0.15) is 21.9 Å². The van der Waals surface area contributed by atoms with Crippen molar-refractivity contribution in [2.75, 3.05) is 7.05 Å². The number of benzene rings is 2. The van der Waals surface area contributed by atoms with Gasteiger partial charge in [0.1, 0.15) is 11.5 Å². The van der Waals surface area contributed by atoms with Crippen molar-refractivity contribution in [2.45, 2.75) is 12.4 Å². The van der Waals surface area contributed by atoms with E-state index < -0.39 is 0 Å². The van der Waals surface area contributed by atoms with Gasteiger partial charge in [0.2, 0.25) is 0 Å². The summed E-state index contributed by atoms with van der Waals surface area (Å²) in [6, 6.07) is 14.5. The molecule has 0 saturated carbocycles. The lowest BCUT2D eigenvalue weighted by Crippen LogP contribution is -2.26. The number of hydrogen-bond donors (Lipinski definition) is 1. The number of hydrogen-bond acceptors (Lipinski definition) is 3. The van der Waals surface area contributed by atoms with E-state index >= 15 is 0 Å². The van der Waals surface area contributed by atoms with Crippen molar-refractivity contribution in [2.24, 2.45) is 0 Å². The van der Waals surface area contributed by atoms with Gasteiger partial charge in [-0.05, 0) is 29.0 Å². The van der Waals surface area contributed by atoms with E-state index in [1.807, 2.05) is 30.3 Å². The highest BCUT2D eigenvalue weighted by Gasteiger charge is 2.18. The van der Waals surface area contributed by atoms with Crippen molar-refractivity contribution in [1.29, 1.82) is 0 Å². The van der Waals surface area contributed by atoms with Crippen LogP contribution in [-0.4, -0.2) is 23.0 Å². The summed E-state index contributed by atoms with van der Waals surface area (Å²) in [7, 11) is 1.67. The molecule has 4 nitrogen and oxygen atoms in total. The van der Waals surface area contributed by atoms with Crippen molar-refractivity contribution < 1.29 is 14.3 Å². The van der Waals surface area contributed by atoms with E-state index in [9.17, 15) is 9.90 Å². The van der Waals surface area contributed by atoms with Gasteiger partial charge >= 0.3 is 0 Å². The lowest BCUT2D eigenvalue weighted by molar-refractivity contribution is 0.0752. The molecule has 0 saturated heterocycles. The fourth-order valence-corrected chi connectivity index (χ4v) is 2.70. The molecule has 0 radical (unpaired) electrons. The molecule has 0 atom stereocenters. The van der Waals surface area contributed by atoms with Crippen molar-refractivity contribution in [3.63, 3.8) is 0 Å². The van der Waals surface area contributed by atoms with Gasteiger partial charge in [-0.2, -0.15) is 0 Å². The molecule has 1 aromatic heterocycles. The first-order valence-corrected chi connectivity index (χ1v) is 7.73. The summed E-state index contributed by atoms with van der Waals surface area (Å²) in [6.45, 7) is 0.281. The Morgan fingerprint density at radius 1 is 1.17 bits per heavy atom. The maximum Gasteiger partial charge on any atom is 0.289 e. The van der Waals surface area contributed by atoms with Crippen LogP contribution in [-0.2, 0) is 12.4 Å². The fourth-order valence-electron chi connectivity index (χ4n) is 2.55. The van der Waals surface area contributed by atoms with E-state index in [-0.39, 0.29) is 29.8 Å². The van der Waals surface area contributed by atoms with Gasteiger partial charge in [0.05, 0.1) is 12.4 Å². The van der Waals surface area contributed by atoms with Crippen LogP contribution in [0.2, 0.25) is 0 Å². The highest BCUT2D eigenvalue weighted by molar-refractivity contribution is 6.16. The van der Waals surface area contributed by atoms with Crippen molar-refractivity contribution in [3.05, 3.63) is 65.6 Å². The molecule has 2 aromatic carbocycles. The number of carbonyl (C=O) groups excluding carboxylic acids is 1. The third-order valence-electron chi connectivity index (χ3n) is 3.76. The van der Waals surface area contributed by atoms with Gasteiger partial charge in [0.15, 0.2) is 5.76 Å². The maximum absolute atomic E-state index is 12.4. The molecule has 0 unspecified atom stereocenters. The first kappa shape index (κ1) is 15.4. The average molecular weight is 330 g/mol. The van der Waals surface area contributed by atoms with E-state index in [2.05, 4.69) is 0 Å². The third kappa shape index (κ3) is 3.03. The van der Waals surface area contributed by atoms with Crippen LogP contribution in [0.5, 0.6) is 5.75 Å². The quantitative estimate of drug-likeness (QED) is 0.731. The number of amides is 1. The standard InChI is InChI=1S/C18H16ClNO3/c1-20(18(22)17-9-7-13(10-19)23-17)11-15-14-5-3-2-4-12(14)6-8-16(15)21/h2-9,21H,10-11H2,1H3. The monoisotopic (exact) mass is 329 g/mol. The molecule has 1 heterocycles. The number of carbonyl (C=O) groups is 1. The predicted molar refractivity (Wildman–Crippen MR) is 89.7 cm³/mol. The van der Waals surface area contributed by atoms with Gasteiger partial charge in [-0.3, -0.25) is 4.79 Å². The van der Waals surface area contributed by atoms with Gasteiger partial charge in [-0.25, -0.2) is 0 Å². The van der Waals surface area contributed by atoms with Crippen molar-refractivity contribution in [3.8, 4) is 5.75 Å². The highest BCUT2D eigenvalue weighted by atomic mass is 35.5. The summed E-state index contributed by atoms with van der Waals surface area (Å²) < 4.78 is 5.39. The number of nitrogens with zero attached hydrogens (tertiary/aromatic N) is 1. The molecule has 0 aliphatic carbocycles. The van der Waals surface area contributed by atoms with E-state index in [0.29, 0.717) is 11.3 Å². The van der Waals surface area contributed by atoms with Gasteiger partial charge in [0.25, 0.3) is 5.91 Å². The molecule has 0 fully saturated rings. The van der Waals surface area contributed by atoms with E-state index in [0.717, 1.165) is 10.8 Å². The second-order valence-electron chi connectivity index (χ2n) is 5.35. The second kappa shape index (κ2) is 6.34. The first-order valence-electron chi connectivity index (χ1n) is 7.20. The lowest BCUT2D eigenvalue weighted by atomic mass is 10.0. The fraction of sp³-hybridized carbons (Fsp3) is 0.167. The van der Waals surface area contributed by atoms with Crippen molar-refractivity contribution >= 4 is 28.3 Å². The number of alkyl halides is 1. The number of phenolic OH excluding ortho intramolecular Hbond substituents is 1. The number of rotatable bonds is 4. The Labute approximate surface area is 138 Å². The molecular weight excluding hydrogens is 314 g/mol. The third-order valence-corrected chi connectivity index (χ3v) is 4.03. The normalized spacial score (nSPS) is 10.9. The number of furan rings is 1. The van der Waals surface area contributed by atoms with Crippen molar-refractivity contribution in [1.82, 2.24) is 4.90 Å². The van der Waals surface area contributed by atoms with Crippen LogP contribution in [0.15, 0.2) is 52.9 Å². The van der Waals surface area contributed by atoms with Crippen LogP contribution in [0, 0.1) is 0 Å². The zero-order valence-electron chi connectivity index (χ0n) is 12.6. The number of fused-ring (bicyclic) bond motifs is 1. The summed E-state index contributed by atoms with van der Waals surface area (Å²) in [5.74, 6) is 0.929. The largest absolute Gasteiger partial charge is 0.508 e. The summed E-state index contributed by atoms with van der Waals surface area (Å²) >= 11 is 5.69. The van der Waals surface area contributed by atoms with Gasteiger partial charge in [-0.15, -0.1) is 11.6 Å². The molecule has 0 aliphatic heterocycles. The summed E-state index contributed by atoms with van der Waals surface area (Å²) in [4.78, 5) is 13.9. The molecule has 5 heteroatoms. The van der Waals surface area contributed by atoms with Gasteiger partial charge in [-0.1, -0.05) is 30.3 Å². The summed E-state index contributed by atoms with van der Waals surface area (Å²) in [5, 5.41) is 12.1. The average Bonchev–Trinajstić information content (AvgIpc) is 3.05. The SMILES string of the molecule is CN(Cc1c(O)ccc2ccccc12)C(=O)c1ccc(CCl)o1. The second-order valence-corrected chi connectivity index (χ2v) is 5.61. The van der Waals surface area contributed by atoms with Crippen LogP contribution in [0.25, 0.3) is 10.8 Å². The van der Waals surface area contributed by atoms with E-state index in [4.69, 9.17) is 16.0 Å². The zero-order valence-corrected chi connectivity index (χ0v) is 13.4. The number of phenols is 1. The molecule has 3 aromatic rings. The summed E-state index contributed by atoms with van der Waals surface area (Å²) in [5.41, 5.74) is 0.711. The van der Waals surface area contributed by atoms with Gasteiger partial charge in [0, 0.05) is 12.6 Å². The Hall–Kier alpha value is -2.46. The molecule has 0 spiro atoms. The molecular formula is C18H16ClNO3. The summed E-state index contributed by atoms with van der Waals surface area (Å²) in [6.07, 6.45) is 0.